The van der Waals surface area contributed by atoms with E-state index in [9.17, 15) is 9.59 Å². The van der Waals surface area contributed by atoms with E-state index in [1.54, 1.807) is 18.2 Å². The summed E-state index contributed by atoms with van der Waals surface area (Å²) in [7, 11) is 1.29. The van der Waals surface area contributed by atoms with Crippen LogP contribution in [0.1, 0.15) is 0 Å². The van der Waals surface area contributed by atoms with Crippen LogP contribution in [0.5, 0.6) is 5.75 Å². The molecular weight excluding hydrogens is 270 g/mol. The van der Waals surface area contributed by atoms with Crippen LogP contribution in [0.4, 0.5) is 0 Å². The Labute approximate surface area is 123 Å². The molecule has 0 unspecified atom stereocenters. The highest BCUT2D eigenvalue weighted by atomic mass is 16.5. The molecule has 0 radical (unpaired) electrons. The Kier molecular flexibility index (Phi) is 4.62. The third kappa shape index (κ3) is 3.23. The van der Waals surface area contributed by atoms with E-state index >= 15 is 0 Å². The van der Waals surface area contributed by atoms with E-state index in [2.05, 4.69) is 10.7 Å². The fraction of sp³-hybridized carbons (Fsp3) is 0.250. The zero-order valence-corrected chi connectivity index (χ0v) is 11.6. The summed E-state index contributed by atoms with van der Waals surface area (Å²) in [6.07, 6.45) is 7.40. The van der Waals surface area contributed by atoms with Gasteiger partial charge >= 0.3 is 5.97 Å². The number of benzene rings is 1. The molecule has 1 aliphatic rings. The first-order valence-corrected chi connectivity index (χ1v) is 6.39. The van der Waals surface area contributed by atoms with Gasteiger partial charge in [-0.1, -0.05) is 30.2 Å². The van der Waals surface area contributed by atoms with Gasteiger partial charge in [-0.15, -0.1) is 6.42 Å². The maximum Gasteiger partial charge on any atom is 0.330 e. The van der Waals surface area contributed by atoms with Crippen molar-refractivity contribution in [3.8, 4) is 18.1 Å². The Morgan fingerprint density at radius 3 is 2.76 bits per heavy atom. The maximum absolute atomic E-state index is 12.0. The van der Waals surface area contributed by atoms with Crippen LogP contribution in [0, 0.1) is 12.3 Å². The first-order chi connectivity index (χ1) is 10.2. The number of esters is 1. The van der Waals surface area contributed by atoms with Gasteiger partial charge in [-0.05, 0) is 12.1 Å². The van der Waals surface area contributed by atoms with Crippen LogP contribution < -0.4 is 4.74 Å². The van der Waals surface area contributed by atoms with Crippen LogP contribution >= 0.6 is 0 Å². The van der Waals surface area contributed by atoms with Crippen molar-refractivity contribution in [2.45, 2.75) is 12.1 Å². The third-order valence-corrected chi connectivity index (χ3v) is 3.10. The Hall–Kier alpha value is -2.74. The van der Waals surface area contributed by atoms with Crippen molar-refractivity contribution in [1.29, 1.82) is 0 Å². The molecule has 21 heavy (non-hydrogen) atoms. The lowest BCUT2D eigenvalue weighted by atomic mass is 9.97. The van der Waals surface area contributed by atoms with Gasteiger partial charge < -0.3 is 14.4 Å². The number of likely N-dealkylation sites (tertiary alicyclic amines) is 1. The van der Waals surface area contributed by atoms with Crippen molar-refractivity contribution in [2.75, 3.05) is 13.7 Å². The van der Waals surface area contributed by atoms with Gasteiger partial charge in [-0.25, -0.2) is 4.79 Å². The standard InChI is InChI=1S/C16H15NO4/c1-3-11-17-13(9-10-14(18)20-2)15(16(17)19)21-12-7-5-4-6-8-12/h1,4-10,13,15H,11H2,2H3/b10-9+/t13-,15+/m0/s1. The number of hydrogen-bond donors (Lipinski definition) is 0. The number of amides is 1. The van der Waals surface area contributed by atoms with Crippen molar-refractivity contribution in [3.05, 3.63) is 42.5 Å². The number of β-lactam (4-membered cyclic amide) rings is 1. The minimum atomic E-state index is -0.679. The minimum absolute atomic E-state index is 0.170. The number of terminal acetylenes is 1. The molecule has 0 saturated carbocycles. The number of para-hydroxylation sites is 1. The van der Waals surface area contributed by atoms with Crippen LogP contribution in [0.15, 0.2) is 42.5 Å². The summed E-state index contributed by atoms with van der Waals surface area (Å²) >= 11 is 0. The second kappa shape index (κ2) is 6.62. The number of hydrogen-bond acceptors (Lipinski definition) is 4. The molecule has 5 nitrogen and oxygen atoms in total. The summed E-state index contributed by atoms with van der Waals surface area (Å²) in [6, 6.07) is 8.63. The maximum atomic E-state index is 12.0. The van der Waals surface area contributed by atoms with E-state index in [0.29, 0.717) is 5.75 Å². The average Bonchev–Trinajstić information content (AvgIpc) is 2.53. The van der Waals surface area contributed by atoms with Crippen molar-refractivity contribution < 1.29 is 19.1 Å². The Morgan fingerprint density at radius 1 is 1.43 bits per heavy atom. The van der Waals surface area contributed by atoms with E-state index in [1.165, 1.54) is 18.1 Å². The molecule has 5 heteroatoms. The Balaban J connectivity index is 2.11. The summed E-state index contributed by atoms with van der Waals surface area (Å²) in [4.78, 5) is 24.7. The monoisotopic (exact) mass is 285 g/mol. The number of carbonyl (C=O) groups excluding carboxylic acids is 2. The molecule has 2 atom stereocenters. The summed E-state index contributed by atoms with van der Waals surface area (Å²) in [5, 5.41) is 0. The number of methoxy groups -OCH3 is 1. The van der Waals surface area contributed by atoms with Gasteiger partial charge in [0, 0.05) is 6.08 Å². The first kappa shape index (κ1) is 14.7. The van der Waals surface area contributed by atoms with Crippen molar-refractivity contribution in [2.24, 2.45) is 0 Å². The molecule has 1 aliphatic heterocycles. The van der Waals surface area contributed by atoms with E-state index in [4.69, 9.17) is 11.2 Å². The van der Waals surface area contributed by atoms with E-state index < -0.39 is 12.1 Å². The Bertz CT molecular complexity index is 588. The molecule has 0 N–H and O–H groups in total. The average molecular weight is 285 g/mol. The third-order valence-electron chi connectivity index (χ3n) is 3.10. The van der Waals surface area contributed by atoms with Gasteiger partial charge in [0.2, 0.25) is 6.10 Å². The fourth-order valence-corrected chi connectivity index (χ4v) is 2.04. The summed E-state index contributed by atoms with van der Waals surface area (Å²) < 4.78 is 10.2. The molecule has 1 aromatic carbocycles. The second-order valence-corrected chi connectivity index (χ2v) is 4.39. The summed E-state index contributed by atoms with van der Waals surface area (Å²) in [5.74, 6) is 2.32. The zero-order chi connectivity index (χ0) is 15.2. The van der Waals surface area contributed by atoms with E-state index in [0.717, 1.165) is 0 Å². The van der Waals surface area contributed by atoms with Crippen molar-refractivity contribution >= 4 is 11.9 Å². The van der Waals surface area contributed by atoms with Crippen LogP contribution in [0.2, 0.25) is 0 Å². The molecule has 0 aromatic heterocycles. The Morgan fingerprint density at radius 2 is 2.14 bits per heavy atom. The van der Waals surface area contributed by atoms with E-state index in [-0.39, 0.29) is 18.5 Å². The van der Waals surface area contributed by atoms with Gasteiger partial charge in [0.25, 0.3) is 5.91 Å². The molecule has 0 aliphatic carbocycles. The topological polar surface area (TPSA) is 55.8 Å². The van der Waals surface area contributed by atoms with Crippen LogP contribution in [-0.2, 0) is 14.3 Å². The molecule has 1 heterocycles. The van der Waals surface area contributed by atoms with Gasteiger partial charge in [0.15, 0.2) is 0 Å². The quantitative estimate of drug-likeness (QED) is 0.351. The predicted octanol–water partition coefficient (Wildman–Crippen LogP) is 1.01. The number of rotatable bonds is 5. The molecule has 0 spiro atoms. The number of ether oxygens (including phenoxy) is 2. The van der Waals surface area contributed by atoms with Crippen LogP contribution in [-0.4, -0.2) is 42.6 Å². The van der Waals surface area contributed by atoms with Crippen LogP contribution in [0.3, 0.4) is 0 Å². The van der Waals surface area contributed by atoms with Gasteiger partial charge in [0.05, 0.1) is 19.7 Å². The summed E-state index contributed by atoms with van der Waals surface area (Å²) in [6.45, 7) is 0.170. The van der Waals surface area contributed by atoms with E-state index in [1.807, 2.05) is 18.2 Å². The number of nitrogens with zero attached hydrogens (tertiary/aromatic N) is 1. The highest BCUT2D eigenvalue weighted by Gasteiger charge is 2.47. The van der Waals surface area contributed by atoms with Gasteiger partial charge in [-0.2, -0.15) is 0 Å². The smallest absolute Gasteiger partial charge is 0.330 e. The molecular formula is C16H15NO4. The normalized spacial score (nSPS) is 20.8. The van der Waals surface area contributed by atoms with Crippen molar-refractivity contribution in [3.63, 3.8) is 0 Å². The van der Waals surface area contributed by atoms with Crippen LogP contribution in [0.25, 0.3) is 0 Å². The lowest BCUT2D eigenvalue weighted by molar-refractivity contribution is -0.158. The fourth-order valence-electron chi connectivity index (χ4n) is 2.04. The van der Waals surface area contributed by atoms with Crippen molar-refractivity contribution in [1.82, 2.24) is 4.90 Å². The minimum Gasteiger partial charge on any atom is -0.478 e. The lowest BCUT2D eigenvalue weighted by Gasteiger charge is -2.44. The highest BCUT2D eigenvalue weighted by molar-refractivity contribution is 5.90. The molecule has 1 amide bonds. The zero-order valence-electron chi connectivity index (χ0n) is 11.6. The molecule has 108 valence electrons. The number of carbonyl (C=O) groups is 2. The predicted molar refractivity (Wildman–Crippen MR) is 76.3 cm³/mol. The SMILES string of the molecule is C#CCN1C(=O)[C@H](Oc2ccccc2)[C@@H]1/C=C/C(=O)OC. The van der Waals surface area contributed by atoms with Gasteiger partial charge in [-0.3, -0.25) is 4.79 Å². The lowest BCUT2D eigenvalue weighted by Crippen LogP contribution is -2.66. The first-order valence-electron chi connectivity index (χ1n) is 6.39. The molecule has 1 saturated heterocycles. The molecule has 1 fully saturated rings. The summed E-state index contributed by atoms with van der Waals surface area (Å²) in [5.41, 5.74) is 0. The molecule has 1 aromatic rings. The van der Waals surface area contributed by atoms with Gasteiger partial charge in [0.1, 0.15) is 5.75 Å². The largest absolute Gasteiger partial charge is 0.478 e. The highest BCUT2D eigenvalue weighted by Crippen LogP contribution is 2.26. The molecule has 0 bridgehead atoms. The molecule has 2 rings (SSSR count). The second-order valence-electron chi connectivity index (χ2n) is 4.39.